The lowest BCUT2D eigenvalue weighted by atomic mass is 10.1. The van der Waals surface area contributed by atoms with E-state index in [0.717, 1.165) is 16.9 Å². The van der Waals surface area contributed by atoms with E-state index in [9.17, 15) is 5.11 Å². The molecule has 2 aromatic rings. The van der Waals surface area contributed by atoms with Gasteiger partial charge in [0, 0.05) is 0 Å². The Morgan fingerprint density at radius 3 is 2.28 bits per heavy atom. The quantitative estimate of drug-likeness (QED) is 0.887. The largest absolute Gasteiger partial charge is 0.497 e. The molecular formula is C16H16O2. The van der Waals surface area contributed by atoms with Crippen LogP contribution >= 0.6 is 0 Å². The first-order chi connectivity index (χ1) is 8.79. The summed E-state index contributed by atoms with van der Waals surface area (Å²) in [6.07, 6.45) is 3.10. The SMILES string of the molecule is COc1ccc(C=CC(O)c2ccccc2)cc1. The molecule has 2 nitrogen and oxygen atoms in total. The molecule has 2 aromatic carbocycles. The molecule has 2 heteroatoms. The highest BCUT2D eigenvalue weighted by Crippen LogP contribution is 2.17. The molecule has 92 valence electrons. The number of rotatable bonds is 4. The summed E-state index contributed by atoms with van der Waals surface area (Å²) in [6, 6.07) is 17.3. The maximum absolute atomic E-state index is 9.97. The molecule has 0 saturated heterocycles. The first-order valence-corrected chi connectivity index (χ1v) is 5.85. The highest BCUT2D eigenvalue weighted by Gasteiger charge is 2.01. The van der Waals surface area contributed by atoms with E-state index >= 15 is 0 Å². The molecule has 0 aliphatic rings. The van der Waals surface area contributed by atoms with Gasteiger partial charge >= 0.3 is 0 Å². The minimum Gasteiger partial charge on any atom is -0.497 e. The number of ether oxygens (including phenoxy) is 1. The third kappa shape index (κ3) is 3.22. The third-order valence-electron chi connectivity index (χ3n) is 2.73. The first kappa shape index (κ1) is 12.4. The van der Waals surface area contributed by atoms with Crippen molar-refractivity contribution in [1.82, 2.24) is 0 Å². The number of hydrogen-bond donors (Lipinski definition) is 1. The van der Waals surface area contributed by atoms with Crippen LogP contribution in [0.4, 0.5) is 0 Å². The molecule has 2 rings (SSSR count). The van der Waals surface area contributed by atoms with E-state index in [1.165, 1.54) is 0 Å². The van der Waals surface area contributed by atoms with Gasteiger partial charge in [0.2, 0.25) is 0 Å². The van der Waals surface area contributed by atoms with E-state index in [1.807, 2.05) is 60.7 Å². The Morgan fingerprint density at radius 2 is 1.67 bits per heavy atom. The van der Waals surface area contributed by atoms with Crippen molar-refractivity contribution in [1.29, 1.82) is 0 Å². The number of aliphatic hydroxyl groups is 1. The van der Waals surface area contributed by atoms with E-state index in [-0.39, 0.29) is 0 Å². The first-order valence-electron chi connectivity index (χ1n) is 5.85. The van der Waals surface area contributed by atoms with Crippen LogP contribution in [-0.2, 0) is 0 Å². The molecule has 0 spiro atoms. The molecular weight excluding hydrogens is 224 g/mol. The molecule has 0 bridgehead atoms. The molecule has 1 atom stereocenters. The molecule has 0 aliphatic carbocycles. The van der Waals surface area contributed by atoms with E-state index in [0.29, 0.717) is 0 Å². The van der Waals surface area contributed by atoms with Crippen LogP contribution in [0.2, 0.25) is 0 Å². The van der Waals surface area contributed by atoms with E-state index in [4.69, 9.17) is 4.74 Å². The van der Waals surface area contributed by atoms with Crippen molar-refractivity contribution < 1.29 is 9.84 Å². The van der Waals surface area contributed by atoms with E-state index < -0.39 is 6.10 Å². The summed E-state index contributed by atoms with van der Waals surface area (Å²) in [4.78, 5) is 0. The summed E-state index contributed by atoms with van der Waals surface area (Å²) < 4.78 is 5.09. The molecule has 18 heavy (non-hydrogen) atoms. The van der Waals surface area contributed by atoms with Gasteiger partial charge in [0.15, 0.2) is 0 Å². The smallest absolute Gasteiger partial charge is 0.118 e. The highest BCUT2D eigenvalue weighted by atomic mass is 16.5. The maximum atomic E-state index is 9.97. The average molecular weight is 240 g/mol. The summed E-state index contributed by atoms with van der Waals surface area (Å²) in [5, 5.41) is 9.97. The monoisotopic (exact) mass is 240 g/mol. The lowest BCUT2D eigenvalue weighted by Gasteiger charge is -2.05. The van der Waals surface area contributed by atoms with Crippen LogP contribution in [0.5, 0.6) is 5.75 Å². The fourth-order valence-corrected chi connectivity index (χ4v) is 1.68. The van der Waals surface area contributed by atoms with Gasteiger partial charge in [-0.05, 0) is 23.3 Å². The van der Waals surface area contributed by atoms with Crippen molar-refractivity contribution in [2.24, 2.45) is 0 Å². The molecule has 0 saturated carbocycles. The predicted molar refractivity (Wildman–Crippen MR) is 73.4 cm³/mol. The number of benzene rings is 2. The van der Waals surface area contributed by atoms with Crippen molar-refractivity contribution >= 4 is 6.08 Å². The zero-order valence-corrected chi connectivity index (χ0v) is 10.3. The highest BCUT2D eigenvalue weighted by molar-refractivity contribution is 5.51. The van der Waals surface area contributed by atoms with Gasteiger partial charge in [0.25, 0.3) is 0 Å². The molecule has 1 N–H and O–H groups in total. The fraction of sp³-hybridized carbons (Fsp3) is 0.125. The van der Waals surface area contributed by atoms with Gasteiger partial charge in [-0.3, -0.25) is 0 Å². The third-order valence-corrected chi connectivity index (χ3v) is 2.73. The van der Waals surface area contributed by atoms with Gasteiger partial charge in [0.05, 0.1) is 13.2 Å². The van der Waals surface area contributed by atoms with Crippen LogP contribution in [-0.4, -0.2) is 12.2 Å². The van der Waals surface area contributed by atoms with Crippen LogP contribution in [0.1, 0.15) is 17.2 Å². The van der Waals surface area contributed by atoms with Crippen LogP contribution in [0, 0.1) is 0 Å². The normalized spacial score (nSPS) is 12.6. The fourth-order valence-electron chi connectivity index (χ4n) is 1.68. The van der Waals surface area contributed by atoms with Gasteiger partial charge in [0.1, 0.15) is 5.75 Å². The predicted octanol–water partition coefficient (Wildman–Crippen LogP) is 3.44. The van der Waals surface area contributed by atoms with Gasteiger partial charge in [-0.15, -0.1) is 0 Å². The molecule has 0 fully saturated rings. The maximum Gasteiger partial charge on any atom is 0.118 e. The van der Waals surface area contributed by atoms with Crippen LogP contribution < -0.4 is 4.74 Å². The van der Waals surface area contributed by atoms with Gasteiger partial charge in [-0.2, -0.15) is 0 Å². The van der Waals surface area contributed by atoms with Gasteiger partial charge < -0.3 is 9.84 Å². The minimum absolute atomic E-state index is 0.576. The lowest BCUT2D eigenvalue weighted by Crippen LogP contribution is -1.91. The zero-order valence-electron chi connectivity index (χ0n) is 10.3. The molecule has 1 unspecified atom stereocenters. The van der Waals surface area contributed by atoms with Gasteiger partial charge in [-0.25, -0.2) is 0 Å². The zero-order chi connectivity index (χ0) is 12.8. The second-order valence-electron chi connectivity index (χ2n) is 3.99. The Hall–Kier alpha value is -2.06. The van der Waals surface area contributed by atoms with Crippen molar-refractivity contribution in [3.63, 3.8) is 0 Å². The van der Waals surface area contributed by atoms with E-state index in [1.54, 1.807) is 13.2 Å². The second-order valence-corrected chi connectivity index (χ2v) is 3.99. The van der Waals surface area contributed by atoms with Crippen LogP contribution in [0.25, 0.3) is 6.08 Å². The van der Waals surface area contributed by atoms with Crippen molar-refractivity contribution in [2.75, 3.05) is 7.11 Å². The van der Waals surface area contributed by atoms with Crippen LogP contribution in [0.3, 0.4) is 0 Å². The van der Waals surface area contributed by atoms with Crippen LogP contribution in [0.15, 0.2) is 60.7 Å². The number of hydrogen-bond acceptors (Lipinski definition) is 2. The Labute approximate surface area is 107 Å². The Morgan fingerprint density at radius 1 is 1.00 bits per heavy atom. The average Bonchev–Trinajstić information content (AvgIpc) is 2.46. The van der Waals surface area contributed by atoms with Crippen molar-refractivity contribution in [3.05, 3.63) is 71.8 Å². The lowest BCUT2D eigenvalue weighted by molar-refractivity contribution is 0.229. The molecule has 0 heterocycles. The topological polar surface area (TPSA) is 29.5 Å². The molecule has 0 aliphatic heterocycles. The standard InChI is InChI=1S/C16H16O2/c1-18-15-10-7-13(8-11-15)9-12-16(17)14-5-3-2-4-6-14/h2-12,16-17H,1H3. The Kier molecular flexibility index (Phi) is 4.15. The molecule has 0 radical (unpaired) electrons. The number of aliphatic hydroxyl groups excluding tert-OH is 1. The van der Waals surface area contributed by atoms with E-state index in [2.05, 4.69) is 0 Å². The molecule has 0 aromatic heterocycles. The molecule has 0 amide bonds. The minimum atomic E-state index is -0.576. The summed E-state index contributed by atoms with van der Waals surface area (Å²) >= 11 is 0. The van der Waals surface area contributed by atoms with Crippen molar-refractivity contribution in [2.45, 2.75) is 6.10 Å². The summed E-state index contributed by atoms with van der Waals surface area (Å²) in [5.74, 6) is 0.829. The summed E-state index contributed by atoms with van der Waals surface area (Å²) in [5.41, 5.74) is 1.92. The Bertz CT molecular complexity index is 500. The summed E-state index contributed by atoms with van der Waals surface area (Å²) in [6.45, 7) is 0. The van der Waals surface area contributed by atoms with Crippen molar-refractivity contribution in [3.8, 4) is 5.75 Å². The number of methoxy groups -OCH3 is 1. The van der Waals surface area contributed by atoms with Gasteiger partial charge in [-0.1, -0.05) is 54.6 Å². The second kappa shape index (κ2) is 6.03. The Balaban J connectivity index is 2.06. The summed E-state index contributed by atoms with van der Waals surface area (Å²) in [7, 11) is 1.64.